The van der Waals surface area contributed by atoms with Crippen molar-refractivity contribution in [3.63, 3.8) is 0 Å². The molecule has 0 amide bonds. The highest BCUT2D eigenvalue weighted by Crippen LogP contribution is 2.68. The van der Waals surface area contributed by atoms with Crippen molar-refractivity contribution in [1.29, 1.82) is 0 Å². The van der Waals surface area contributed by atoms with Gasteiger partial charge in [-0.1, -0.05) is 30.7 Å². The highest BCUT2D eigenvalue weighted by Gasteiger charge is 2.69. The van der Waals surface area contributed by atoms with Crippen LogP contribution in [0.1, 0.15) is 72.6 Å². The number of nitrogens with zero attached hydrogens (tertiary/aromatic N) is 1. The summed E-state index contributed by atoms with van der Waals surface area (Å²) < 4.78 is 11.5. The Kier molecular flexibility index (Phi) is 5.33. The Hall–Kier alpha value is -1.40. The summed E-state index contributed by atoms with van der Waals surface area (Å²) in [4.78, 5) is 11.4. The number of allylic oxidation sites excluding steroid dienone is 1. The number of esters is 1. The second-order valence-corrected chi connectivity index (χ2v) is 10.6. The van der Waals surface area contributed by atoms with Crippen LogP contribution in [0.15, 0.2) is 16.8 Å². The second kappa shape index (κ2) is 7.33. The van der Waals surface area contributed by atoms with Crippen LogP contribution in [0.25, 0.3) is 0 Å². The Bertz CT molecular complexity index is 778. The fourth-order valence-corrected chi connectivity index (χ4v) is 8.21. The molecule has 0 aromatic heterocycles. The summed E-state index contributed by atoms with van der Waals surface area (Å²) in [5, 5.41) is 24.2. The van der Waals surface area contributed by atoms with Crippen LogP contribution in [0.2, 0.25) is 0 Å². The lowest BCUT2D eigenvalue weighted by molar-refractivity contribution is -0.149. The van der Waals surface area contributed by atoms with Crippen LogP contribution in [-0.2, 0) is 14.3 Å². The van der Waals surface area contributed by atoms with Gasteiger partial charge in [-0.2, -0.15) is 0 Å². The minimum Gasteiger partial charge on any atom is -0.462 e. The van der Waals surface area contributed by atoms with Gasteiger partial charge in [-0.3, -0.25) is 4.79 Å². The molecule has 6 heteroatoms. The van der Waals surface area contributed by atoms with Crippen molar-refractivity contribution >= 4 is 11.7 Å². The predicted octanol–water partition coefficient (Wildman–Crippen LogP) is 4.09. The Morgan fingerprint density at radius 3 is 2.57 bits per heavy atom. The summed E-state index contributed by atoms with van der Waals surface area (Å²) in [6.07, 6.45) is 8.20. The smallest absolute Gasteiger partial charge is 0.302 e. The second-order valence-electron chi connectivity index (χ2n) is 10.6. The van der Waals surface area contributed by atoms with E-state index in [-0.39, 0.29) is 22.9 Å². The zero-order chi connectivity index (χ0) is 21.9. The molecule has 0 heterocycles. The molecule has 8 atom stereocenters. The summed E-state index contributed by atoms with van der Waals surface area (Å²) in [5.74, 6) is 1.15. The molecular weight excluding hydrogens is 382 g/mol. The molecule has 0 bridgehead atoms. The summed E-state index contributed by atoms with van der Waals surface area (Å²) in [7, 11) is 1.63. The van der Waals surface area contributed by atoms with Crippen molar-refractivity contribution in [2.24, 2.45) is 33.7 Å². The Labute approximate surface area is 179 Å². The van der Waals surface area contributed by atoms with Gasteiger partial charge in [0.1, 0.15) is 11.7 Å². The molecule has 5 unspecified atom stereocenters. The van der Waals surface area contributed by atoms with Crippen LogP contribution in [0.4, 0.5) is 0 Å². The van der Waals surface area contributed by atoms with E-state index in [0.717, 1.165) is 38.5 Å². The molecule has 0 aromatic carbocycles. The molecule has 30 heavy (non-hydrogen) atoms. The molecule has 168 valence electrons. The zero-order valence-electron chi connectivity index (χ0n) is 19.0. The number of aliphatic hydroxyl groups is 1. The number of oxime groups is 1. The lowest BCUT2D eigenvalue weighted by Crippen LogP contribution is -2.60. The van der Waals surface area contributed by atoms with E-state index in [1.54, 1.807) is 14.0 Å². The number of hydrogen-bond acceptors (Lipinski definition) is 6. The molecule has 0 saturated heterocycles. The maximum atomic E-state index is 11.4. The quantitative estimate of drug-likeness (QED) is 0.236. The van der Waals surface area contributed by atoms with Gasteiger partial charge >= 0.3 is 5.97 Å². The van der Waals surface area contributed by atoms with Crippen LogP contribution in [0.5, 0.6) is 0 Å². The predicted molar refractivity (Wildman–Crippen MR) is 113 cm³/mol. The van der Waals surface area contributed by atoms with E-state index in [2.05, 4.69) is 25.1 Å². The van der Waals surface area contributed by atoms with E-state index >= 15 is 0 Å². The monoisotopic (exact) mass is 419 g/mol. The fourth-order valence-electron chi connectivity index (χ4n) is 8.21. The molecule has 0 spiro atoms. The Morgan fingerprint density at radius 2 is 1.93 bits per heavy atom. The standard InChI is InChI=1S/C24H37NO5/c1-14(25-28)24(29-5)21(27)13-20-18-7-6-16-12-17(30-15(2)26)8-10-22(16,3)19(18)9-11-23(20,24)4/h6,17-21,27-28H,7-13H2,1-5H3/b25-14-/t17?,18?,19?,20?,21-,22+,23+,24?/m1/s1. The van der Waals surface area contributed by atoms with Crippen molar-refractivity contribution in [1.82, 2.24) is 0 Å². The van der Waals surface area contributed by atoms with E-state index in [9.17, 15) is 15.1 Å². The zero-order valence-corrected chi connectivity index (χ0v) is 19.0. The number of ether oxygens (including phenoxy) is 2. The van der Waals surface area contributed by atoms with Crippen molar-refractivity contribution < 1.29 is 24.6 Å². The van der Waals surface area contributed by atoms with E-state index in [0.29, 0.717) is 29.9 Å². The van der Waals surface area contributed by atoms with E-state index in [1.165, 1.54) is 12.5 Å². The first-order chi connectivity index (χ1) is 14.1. The van der Waals surface area contributed by atoms with Gasteiger partial charge in [0.2, 0.25) is 0 Å². The third kappa shape index (κ3) is 2.75. The van der Waals surface area contributed by atoms with Gasteiger partial charge in [-0.15, -0.1) is 0 Å². The molecule has 0 radical (unpaired) electrons. The molecule has 0 aromatic rings. The average molecular weight is 420 g/mol. The van der Waals surface area contributed by atoms with Crippen molar-refractivity contribution in [2.45, 2.75) is 90.4 Å². The topological polar surface area (TPSA) is 88.3 Å². The van der Waals surface area contributed by atoms with Crippen LogP contribution in [-0.4, -0.2) is 46.9 Å². The average Bonchev–Trinajstić information content (AvgIpc) is 2.94. The number of carbonyl (C=O) groups is 1. The lowest BCUT2D eigenvalue weighted by Gasteiger charge is -2.59. The van der Waals surface area contributed by atoms with E-state index in [4.69, 9.17) is 9.47 Å². The van der Waals surface area contributed by atoms with Gasteiger partial charge in [0.25, 0.3) is 0 Å². The third-order valence-corrected chi connectivity index (χ3v) is 9.59. The van der Waals surface area contributed by atoms with Crippen molar-refractivity contribution in [2.75, 3.05) is 7.11 Å². The number of aliphatic hydroxyl groups excluding tert-OH is 1. The molecule has 3 fully saturated rings. The van der Waals surface area contributed by atoms with E-state index < -0.39 is 11.7 Å². The third-order valence-electron chi connectivity index (χ3n) is 9.59. The first-order valence-corrected chi connectivity index (χ1v) is 11.4. The molecule has 4 aliphatic rings. The first kappa shape index (κ1) is 21.8. The van der Waals surface area contributed by atoms with E-state index in [1.807, 2.05) is 0 Å². The van der Waals surface area contributed by atoms with Crippen LogP contribution >= 0.6 is 0 Å². The SMILES string of the molecule is COC1(/C(C)=N\O)[C@H](O)CC2C3CC=C4CC(OC(C)=O)CC[C@]4(C)C3CC[C@@]21C. The highest BCUT2D eigenvalue weighted by molar-refractivity contribution is 5.92. The highest BCUT2D eigenvalue weighted by atomic mass is 16.5. The largest absolute Gasteiger partial charge is 0.462 e. The Morgan fingerprint density at radius 1 is 1.20 bits per heavy atom. The normalized spacial score (nSPS) is 48.3. The Balaban J connectivity index is 1.66. The number of carbonyl (C=O) groups excluding carboxylic acids is 1. The minimum absolute atomic E-state index is 0.00471. The number of hydrogen-bond donors (Lipinski definition) is 2. The molecule has 6 nitrogen and oxygen atoms in total. The van der Waals surface area contributed by atoms with Crippen LogP contribution < -0.4 is 0 Å². The fraction of sp³-hybridized carbons (Fsp3) is 0.833. The van der Waals surface area contributed by atoms with Gasteiger partial charge < -0.3 is 19.8 Å². The van der Waals surface area contributed by atoms with Gasteiger partial charge in [0.15, 0.2) is 0 Å². The van der Waals surface area contributed by atoms with Crippen molar-refractivity contribution in [3.8, 4) is 0 Å². The number of rotatable bonds is 3. The van der Waals surface area contributed by atoms with Crippen molar-refractivity contribution in [3.05, 3.63) is 11.6 Å². The number of methoxy groups -OCH3 is 1. The van der Waals surface area contributed by atoms with Gasteiger partial charge in [0.05, 0.1) is 11.8 Å². The lowest BCUT2D eigenvalue weighted by atomic mass is 9.46. The maximum absolute atomic E-state index is 11.4. The molecule has 2 N–H and O–H groups in total. The minimum atomic E-state index is -0.935. The first-order valence-electron chi connectivity index (χ1n) is 11.4. The van der Waals surface area contributed by atoms with Gasteiger partial charge in [-0.25, -0.2) is 0 Å². The molecular formula is C24H37NO5. The molecule has 4 aliphatic carbocycles. The molecule has 3 saturated carbocycles. The van der Waals surface area contributed by atoms with Gasteiger partial charge in [-0.05, 0) is 68.6 Å². The summed E-state index contributed by atoms with van der Waals surface area (Å²) in [6.45, 7) is 7.88. The van der Waals surface area contributed by atoms with Crippen LogP contribution in [0, 0.1) is 28.6 Å². The van der Waals surface area contributed by atoms with Crippen LogP contribution in [0.3, 0.4) is 0 Å². The summed E-state index contributed by atoms with van der Waals surface area (Å²) >= 11 is 0. The molecule has 4 rings (SSSR count). The summed E-state index contributed by atoms with van der Waals surface area (Å²) in [5.41, 5.74) is 0.852. The van der Waals surface area contributed by atoms with Gasteiger partial charge in [0, 0.05) is 25.9 Å². The summed E-state index contributed by atoms with van der Waals surface area (Å²) in [6, 6.07) is 0. The maximum Gasteiger partial charge on any atom is 0.302 e. The number of fused-ring (bicyclic) bond motifs is 5. The molecule has 0 aliphatic heterocycles.